The highest BCUT2D eigenvalue weighted by molar-refractivity contribution is 6.30. The van der Waals surface area contributed by atoms with Crippen LogP contribution in [-0.2, 0) is 4.79 Å². The number of benzene rings is 1. The van der Waals surface area contributed by atoms with Crippen LogP contribution in [0, 0.1) is 11.7 Å². The van der Waals surface area contributed by atoms with Crippen LogP contribution in [0.3, 0.4) is 0 Å². The average molecular weight is 382 g/mol. The first-order valence-corrected chi connectivity index (χ1v) is 9.59. The van der Waals surface area contributed by atoms with E-state index >= 15 is 0 Å². The number of rotatable bonds is 3. The molecule has 4 rings (SSSR count). The highest BCUT2D eigenvalue weighted by Gasteiger charge is 2.43. The first-order chi connectivity index (χ1) is 12.5. The fraction of sp³-hybridized carbons (Fsp3) is 0.611. The van der Waals surface area contributed by atoms with Crippen LogP contribution in [0.1, 0.15) is 24.4 Å². The molecule has 0 radical (unpaired) electrons. The summed E-state index contributed by atoms with van der Waals surface area (Å²) in [6, 6.07) is 4.88. The molecule has 3 saturated heterocycles. The molecule has 0 aliphatic carbocycles. The number of carbonyl (C=O) groups excluding carboxylic acids is 1. The van der Waals surface area contributed by atoms with Crippen molar-refractivity contribution in [2.75, 3.05) is 26.7 Å². The number of likely N-dealkylation sites (N-methyl/N-ethyl adjacent to an activating group) is 1. The van der Waals surface area contributed by atoms with E-state index in [1.165, 1.54) is 6.07 Å². The molecule has 3 fully saturated rings. The van der Waals surface area contributed by atoms with E-state index in [4.69, 9.17) is 11.6 Å². The normalized spacial score (nSPS) is 34.7. The topological polar surface area (TPSA) is 68.4 Å². The van der Waals surface area contributed by atoms with Gasteiger partial charge in [-0.05, 0) is 44.1 Å². The highest BCUT2D eigenvalue weighted by atomic mass is 35.5. The maximum Gasteiger partial charge on any atom is 0.239 e. The Balaban J connectivity index is 1.47. The van der Waals surface area contributed by atoms with Gasteiger partial charge in [0, 0.05) is 31.1 Å². The van der Waals surface area contributed by atoms with Crippen LogP contribution in [0.2, 0.25) is 5.02 Å². The molecule has 4 N–H and O–H groups in total. The minimum atomic E-state index is -0.424. The van der Waals surface area contributed by atoms with E-state index in [1.54, 1.807) is 6.07 Å². The van der Waals surface area contributed by atoms with Gasteiger partial charge in [0.2, 0.25) is 5.91 Å². The number of hydrogen-bond acceptors (Lipinski definition) is 5. The quantitative estimate of drug-likeness (QED) is 0.623. The molecule has 26 heavy (non-hydrogen) atoms. The molecular formula is C18H25ClFN5O. The fourth-order valence-electron chi connectivity index (χ4n) is 4.53. The molecule has 5 atom stereocenters. The van der Waals surface area contributed by atoms with E-state index in [2.05, 4.69) is 26.4 Å². The number of hydrogen-bond donors (Lipinski definition) is 4. The molecule has 0 aromatic heterocycles. The second-order valence-corrected chi connectivity index (χ2v) is 7.94. The maximum absolute atomic E-state index is 13.9. The zero-order valence-electron chi connectivity index (χ0n) is 14.8. The molecule has 0 saturated carbocycles. The number of halogens is 2. The Bertz CT molecular complexity index is 690. The van der Waals surface area contributed by atoms with Gasteiger partial charge in [0.1, 0.15) is 11.9 Å². The Morgan fingerprint density at radius 1 is 1.35 bits per heavy atom. The lowest BCUT2D eigenvalue weighted by Crippen LogP contribution is -2.52. The molecule has 1 aromatic carbocycles. The van der Waals surface area contributed by atoms with Gasteiger partial charge in [0.05, 0.1) is 11.1 Å². The second-order valence-electron chi connectivity index (χ2n) is 7.53. The Kier molecular flexibility index (Phi) is 5.16. The van der Waals surface area contributed by atoms with Crippen molar-refractivity contribution in [1.82, 2.24) is 26.4 Å². The number of nitrogens with zero attached hydrogens (tertiary/aromatic N) is 1. The smallest absolute Gasteiger partial charge is 0.239 e. The largest absolute Gasteiger partial charge is 0.350 e. The standard InChI is InChI=1S/C18H25ClFN5O/c1-25-7-5-15(17(25)10-2-3-12(19)13(20)8-10)22-18(26)16-11-9-21-6-4-14(11)23-24-16/h2-3,8,11,14-17,21,23-24H,4-7,9H2,1H3,(H,22,26). The van der Waals surface area contributed by atoms with E-state index in [0.29, 0.717) is 6.04 Å². The lowest BCUT2D eigenvalue weighted by Gasteiger charge is -2.30. The Hall–Kier alpha value is -1.25. The molecule has 0 bridgehead atoms. The number of fused-ring (bicyclic) bond motifs is 1. The van der Waals surface area contributed by atoms with Crippen LogP contribution < -0.4 is 21.5 Å². The summed E-state index contributed by atoms with van der Waals surface area (Å²) in [7, 11) is 2.00. The summed E-state index contributed by atoms with van der Waals surface area (Å²) >= 11 is 5.82. The van der Waals surface area contributed by atoms with Gasteiger partial charge in [-0.1, -0.05) is 17.7 Å². The van der Waals surface area contributed by atoms with Crippen molar-refractivity contribution in [3.05, 3.63) is 34.6 Å². The lowest BCUT2D eigenvalue weighted by atomic mass is 9.88. The summed E-state index contributed by atoms with van der Waals surface area (Å²) in [5.74, 6) is -0.171. The van der Waals surface area contributed by atoms with Gasteiger partial charge in [0.25, 0.3) is 0 Å². The summed E-state index contributed by atoms with van der Waals surface area (Å²) in [4.78, 5) is 15.1. The number of hydrazine groups is 1. The van der Waals surface area contributed by atoms with E-state index in [9.17, 15) is 9.18 Å². The molecule has 8 heteroatoms. The Morgan fingerprint density at radius 2 is 2.19 bits per heavy atom. The molecule has 3 heterocycles. The van der Waals surface area contributed by atoms with Gasteiger partial charge in [-0.15, -0.1) is 0 Å². The van der Waals surface area contributed by atoms with Crippen molar-refractivity contribution in [1.29, 1.82) is 0 Å². The van der Waals surface area contributed by atoms with Crippen LogP contribution in [0.25, 0.3) is 0 Å². The van der Waals surface area contributed by atoms with Crippen molar-refractivity contribution < 1.29 is 9.18 Å². The minimum absolute atomic E-state index is 0.00781. The first kappa shape index (κ1) is 18.1. The van der Waals surface area contributed by atoms with E-state index in [0.717, 1.165) is 38.0 Å². The molecule has 142 valence electrons. The van der Waals surface area contributed by atoms with Gasteiger partial charge in [-0.2, -0.15) is 0 Å². The zero-order valence-corrected chi connectivity index (χ0v) is 15.5. The van der Waals surface area contributed by atoms with Gasteiger partial charge < -0.3 is 10.6 Å². The molecule has 3 aliphatic heterocycles. The third kappa shape index (κ3) is 3.34. The Morgan fingerprint density at radius 3 is 3.00 bits per heavy atom. The fourth-order valence-corrected chi connectivity index (χ4v) is 4.65. The van der Waals surface area contributed by atoms with Gasteiger partial charge >= 0.3 is 0 Å². The van der Waals surface area contributed by atoms with Gasteiger partial charge in [-0.25, -0.2) is 9.82 Å². The molecule has 0 spiro atoms. The van der Waals surface area contributed by atoms with Crippen molar-refractivity contribution in [3.63, 3.8) is 0 Å². The monoisotopic (exact) mass is 381 g/mol. The van der Waals surface area contributed by atoms with Crippen LogP contribution >= 0.6 is 11.6 Å². The van der Waals surface area contributed by atoms with Crippen LogP contribution in [0.4, 0.5) is 4.39 Å². The molecule has 3 aliphatic rings. The molecule has 1 aromatic rings. The summed E-state index contributed by atoms with van der Waals surface area (Å²) in [5, 5.41) is 6.68. The summed E-state index contributed by atoms with van der Waals surface area (Å²) < 4.78 is 13.9. The predicted octanol–water partition coefficient (Wildman–Crippen LogP) is 0.795. The Labute approximate surface area is 157 Å². The van der Waals surface area contributed by atoms with Crippen LogP contribution in [0.5, 0.6) is 0 Å². The third-order valence-electron chi connectivity index (χ3n) is 5.93. The zero-order chi connectivity index (χ0) is 18.3. The van der Waals surface area contributed by atoms with E-state index in [1.807, 2.05) is 13.1 Å². The average Bonchev–Trinajstić information content (AvgIpc) is 3.21. The van der Waals surface area contributed by atoms with Crippen molar-refractivity contribution in [2.24, 2.45) is 5.92 Å². The predicted molar refractivity (Wildman–Crippen MR) is 98.2 cm³/mol. The van der Waals surface area contributed by atoms with Gasteiger partial charge in [-0.3, -0.25) is 15.1 Å². The van der Waals surface area contributed by atoms with Gasteiger partial charge in [0.15, 0.2) is 0 Å². The van der Waals surface area contributed by atoms with Crippen LogP contribution in [0.15, 0.2) is 18.2 Å². The van der Waals surface area contributed by atoms with Crippen molar-refractivity contribution in [2.45, 2.75) is 37.0 Å². The number of piperidine rings is 1. The van der Waals surface area contributed by atoms with E-state index in [-0.39, 0.29) is 35.0 Å². The summed E-state index contributed by atoms with van der Waals surface area (Å²) in [6.07, 6.45) is 1.85. The number of amides is 1. The molecular weight excluding hydrogens is 357 g/mol. The maximum atomic E-state index is 13.9. The minimum Gasteiger partial charge on any atom is -0.350 e. The lowest BCUT2D eigenvalue weighted by molar-refractivity contribution is -0.124. The van der Waals surface area contributed by atoms with Crippen LogP contribution in [-0.4, -0.2) is 55.6 Å². The van der Waals surface area contributed by atoms with E-state index < -0.39 is 5.82 Å². The first-order valence-electron chi connectivity index (χ1n) is 9.22. The molecule has 1 amide bonds. The number of carbonyl (C=O) groups is 1. The summed E-state index contributed by atoms with van der Waals surface area (Å²) in [5.41, 5.74) is 7.26. The third-order valence-corrected chi connectivity index (χ3v) is 6.23. The van der Waals surface area contributed by atoms with Crippen molar-refractivity contribution >= 4 is 17.5 Å². The second kappa shape index (κ2) is 7.40. The highest BCUT2D eigenvalue weighted by Crippen LogP contribution is 2.33. The summed E-state index contributed by atoms with van der Waals surface area (Å²) in [6.45, 7) is 2.66. The number of nitrogens with one attached hydrogen (secondary N) is 4. The number of likely N-dealkylation sites (tertiary alicyclic amines) is 1. The van der Waals surface area contributed by atoms with Crippen molar-refractivity contribution in [3.8, 4) is 0 Å². The molecule has 5 unspecified atom stereocenters. The SMILES string of the molecule is CN1CCC(NC(=O)C2NNC3CCNCC32)C1c1ccc(Cl)c(F)c1. The molecule has 6 nitrogen and oxygen atoms in total.